The molecule has 0 saturated carbocycles. The molecule has 0 amide bonds. The molecular weight excluding hydrogens is 665 g/mol. The van der Waals surface area contributed by atoms with E-state index < -0.39 is 0 Å². The lowest BCUT2D eigenvalue weighted by Crippen LogP contribution is -1.92. The molecule has 0 aliphatic carbocycles. The van der Waals surface area contributed by atoms with Crippen LogP contribution in [-0.4, -0.2) is 0 Å². The van der Waals surface area contributed by atoms with Crippen LogP contribution in [0.4, 0.5) is 0 Å². The summed E-state index contributed by atoms with van der Waals surface area (Å²) >= 11 is 3.80. The van der Waals surface area contributed by atoms with Gasteiger partial charge in [-0.05, 0) is 96.4 Å². The first-order valence-corrected chi connectivity index (χ1v) is 19.4. The molecule has 0 nitrogen and oxygen atoms in total. The maximum Gasteiger partial charge on any atom is 0.0433 e. The maximum absolute atomic E-state index is 2.45. The summed E-state index contributed by atoms with van der Waals surface area (Å²) in [6.07, 6.45) is 0. The van der Waals surface area contributed by atoms with Gasteiger partial charge in [0, 0.05) is 40.3 Å². The van der Waals surface area contributed by atoms with Crippen molar-refractivity contribution in [1.29, 1.82) is 0 Å². The van der Waals surface area contributed by atoms with Gasteiger partial charge in [0.2, 0.25) is 0 Å². The quantitative estimate of drug-likeness (QED) is 0.161. The molecule has 2 heterocycles. The third-order valence-corrected chi connectivity index (χ3v) is 13.1. The van der Waals surface area contributed by atoms with Crippen molar-refractivity contribution in [3.05, 3.63) is 182 Å². The molecule has 52 heavy (non-hydrogen) atoms. The van der Waals surface area contributed by atoms with Crippen LogP contribution in [0.2, 0.25) is 0 Å². The first-order valence-electron chi connectivity index (χ1n) is 17.8. The standard InChI is InChI=1S/C50H30S2/c1-2-14-31(15-3-1)47-39-18-4-6-20-41(39)48(42-21-7-5-19-40(42)47)34-29-32(35-22-12-24-43-37-16-8-10-26-45(37)51-49(35)43)28-33(30-34)36-23-13-25-44-38-17-9-11-27-46(38)52-50(36)44/h1-30H. The minimum Gasteiger partial charge on any atom is -0.135 e. The van der Waals surface area contributed by atoms with Crippen LogP contribution in [0.25, 0.3) is 106 Å². The van der Waals surface area contributed by atoms with Crippen molar-refractivity contribution in [2.45, 2.75) is 0 Å². The highest BCUT2D eigenvalue weighted by molar-refractivity contribution is 7.26. The lowest BCUT2D eigenvalue weighted by molar-refractivity contribution is 1.62. The van der Waals surface area contributed by atoms with E-state index in [2.05, 4.69) is 182 Å². The Labute approximate surface area is 309 Å². The number of thiophene rings is 2. The van der Waals surface area contributed by atoms with Gasteiger partial charge in [0.15, 0.2) is 0 Å². The van der Waals surface area contributed by atoms with Crippen LogP contribution in [0.5, 0.6) is 0 Å². The fraction of sp³-hybridized carbons (Fsp3) is 0. The minimum atomic E-state index is 1.23. The van der Waals surface area contributed by atoms with E-state index in [9.17, 15) is 0 Å². The largest absolute Gasteiger partial charge is 0.135 e. The van der Waals surface area contributed by atoms with Gasteiger partial charge in [-0.2, -0.15) is 0 Å². The molecule has 0 fully saturated rings. The zero-order chi connectivity index (χ0) is 34.2. The van der Waals surface area contributed by atoms with Gasteiger partial charge in [0.25, 0.3) is 0 Å². The summed E-state index contributed by atoms with van der Waals surface area (Å²) in [4.78, 5) is 0. The molecule has 242 valence electrons. The highest BCUT2D eigenvalue weighted by Gasteiger charge is 2.20. The summed E-state index contributed by atoms with van der Waals surface area (Å²) in [5, 5.41) is 10.4. The van der Waals surface area contributed by atoms with Crippen molar-refractivity contribution in [3.63, 3.8) is 0 Å². The molecule has 0 radical (unpaired) electrons. The van der Waals surface area contributed by atoms with E-state index in [-0.39, 0.29) is 0 Å². The van der Waals surface area contributed by atoms with Crippen molar-refractivity contribution in [3.8, 4) is 44.5 Å². The second-order valence-corrected chi connectivity index (χ2v) is 15.7. The second kappa shape index (κ2) is 11.7. The molecule has 0 N–H and O–H groups in total. The van der Waals surface area contributed by atoms with Crippen molar-refractivity contribution >= 4 is 84.6 Å². The zero-order valence-corrected chi connectivity index (χ0v) is 29.8. The fourth-order valence-corrected chi connectivity index (χ4v) is 10.9. The molecule has 0 aliphatic heterocycles. The van der Waals surface area contributed by atoms with Gasteiger partial charge < -0.3 is 0 Å². The van der Waals surface area contributed by atoms with Gasteiger partial charge in [-0.15, -0.1) is 22.7 Å². The average Bonchev–Trinajstić information content (AvgIpc) is 3.79. The number of benzene rings is 9. The van der Waals surface area contributed by atoms with Crippen LogP contribution in [0.15, 0.2) is 182 Å². The third kappa shape index (κ3) is 4.52. The van der Waals surface area contributed by atoms with Crippen LogP contribution in [0.1, 0.15) is 0 Å². The predicted octanol–water partition coefficient (Wildman–Crippen LogP) is 15.4. The van der Waals surface area contributed by atoms with Gasteiger partial charge in [0.05, 0.1) is 0 Å². The third-order valence-electron chi connectivity index (χ3n) is 10.6. The normalized spacial score (nSPS) is 11.8. The number of hydrogen-bond donors (Lipinski definition) is 0. The van der Waals surface area contributed by atoms with Crippen molar-refractivity contribution in [2.24, 2.45) is 0 Å². The van der Waals surface area contributed by atoms with E-state index >= 15 is 0 Å². The molecule has 11 aromatic rings. The maximum atomic E-state index is 2.45. The lowest BCUT2D eigenvalue weighted by Gasteiger charge is -2.19. The van der Waals surface area contributed by atoms with E-state index in [0.29, 0.717) is 0 Å². The molecule has 11 rings (SSSR count). The molecule has 0 saturated heterocycles. The highest BCUT2D eigenvalue weighted by atomic mass is 32.1. The molecule has 2 aromatic heterocycles. The summed E-state index contributed by atoms with van der Waals surface area (Å²) in [6, 6.07) is 67.5. The summed E-state index contributed by atoms with van der Waals surface area (Å²) in [5.74, 6) is 0. The van der Waals surface area contributed by atoms with Gasteiger partial charge in [-0.1, -0.05) is 152 Å². The van der Waals surface area contributed by atoms with Gasteiger partial charge >= 0.3 is 0 Å². The predicted molar refractivity (Wildman–Crippen MR) is 229 cm³/mol. The Balaban J connectivity index is 1.26. The van der Waals surface area contributed by atoms with Crippen LogP contribution in [0.3, 0.4) is 0 Å². The van der Waals surface area contributed by atoms with Gasteiger partial charge in [-0.3, -0.25) is 0 Å². The Morgan fingerprint density at radius 2 is 0.615 bits per heavy atom. The summed E-state index contributed by atoms with van der Waals surface area (Å²) in [6.45, 7) is 0. The first-order chi connectivity index (χ1) is 25.8. The van der Waals surface area contributed by atoms with E-state index in [1.165, 1.54) is 106 Å². The minimum absolute atomic E-state index is 1.23. The van der Waals surface area contributed by atoms with Crippen LogP contribution in [0, 0.1) is 0 Å². The van der Waals surface area contributed by atoms with E-state index in [1.54, 1.807) is 0 Å². The Morgan fingerprint density at radius 1 is 0.250 bits per heavy atom. The smallest absolute Gasteiger partial charge is 0.0433 e. The van der Waals surface area contributed by atoms with Crippen LogP contribution < -0.4 is 0 Å². The molecule has 0 atom stereocenters. The van der Waals surface area contributed by atoms with Crippen molar-refractivity contribution in [1.82, 2.24) is 0 Å². The molecule has 0 unspecified atom stereocenters. The van der Waals surface area contributed by atoms with E-state index in [4.69, 9.17) is 0 Å². The number of rotatable bonds is 4. The Morgan fingerprint density at radius 3 is 1.10 bits per heavy atom. The van der Waals surface area contributed by atoms with E-state index in [1.807, 2.05) is 22.7 Å². The van der Waals surface area contributed by atoms with E-state index in [0.717, 1.165) is 0 Å². The first kappa shape index (κ1) is 29.6. The average molecular weight is 695 g/mol. The van der Waals surface area contributed by atoms with Crippen LogP contribution >= 0.6 is 22.7 Å². The van der Waals surface area contributed by atoms with Gasteiger partial charge in [0.1, 0.15) is 0 Å². The number of hydrogen-bond acceptors (Lipinski definition) is 2. The SMILES string of the molecule is c1ccc(-c2c3ccccc3c(-c3cc(-c4cccc5c4sc4ccccc45)cc(-c4cccc5c4sc4ccccc45)c3)c3ccccc23)cc1. The topological polar surface area (TPSA) is 0 Å². The molecule has 9 aromatic carbocycles. The summed E-state index contributed by atoms with van der Waals surface area (Å²) in [5.41, 5.74) is 10.1. The number of fused-ring (bicyclic) bond motifs is 8. The fourth-order valence-electron chi connectivity index (χ4n) is 8.39. The highest BCUT2D eigenvalue weighted by Crippen LogP contribution is 2.48. The van der Waals surface area contributed by atoms with Crippen molar-refractivity contribution in [2.75, 3.05) is 0 Å². The zero-order valence-electron chi connectivity index (χ0n) is 28.1. The Hall–Kier alpha value is -6.06. The Kier molecular flexibility index (Phi) is 6.70. The summed E-state index contributed by atoms with van der Waals surface area (Å²) in [7, 11) is 0. The molecule has 0 spiro atoms. The molecular formula is C50H30S2. The Bertz CT molecular complexity index is 2990. The molecule has 0 bridgehead atoms. The van der Waals surface area contributed by atoms with Gasteiger partial charge in [-0.25, -0.2) is 0 Å². The lowest BCUT2D eigenvalue weighted by atomic mass is 9.84. The van der Waals surface area contributed by atoms with Crippen LogP contribution in [-0.2, 0) is 0 Å². The second-order valence-electron chi connectivity index (χ2n) is 13.6. The van der Waals surface area contributed by atoms with Crippen molar-refractivity contribution < 1.29 is 0 Å². The molecule has 0 aliphatic rings. The monoisotopic (exact) mass is 694 g/mol. The molecule has 2 heteroatoms. The summed E-state index contributed by atoms with van der Waals surface area (Å²) < 4.78 is 5.32.